The van der Waals surface area contributed by atoms with Crippen LogP contribution in [0.15, 0.2) is 0 Å². The van der Waals surface area contributed by atoms with Crippen molar-refractivity contribution in [2.75, 3.05) is 27.2 Å². The maximum atomic E-state index is 10.7. The number of hydrogen-bond donors (Lipinski definition) is 1. The molecule has 0 aromatic heterocycles. The van der Waals surface area contributed by atoms with Crippen molar-refractivity contribution in [3.8, 4) is 0 Å². The first-order valence-electron chi connectivity index (χ1n) is 6.16. The van der Waals surface area contributed by atoms with Gasteiger partial charge >= 0.3 is 5.97 Å². The van der Waals surface area contributed by atoms with E-state index in [1.54, 1.807) is 0 Å². The first kappa shape index (κ1) is 13.5. The van der Waals surface area contributed by atoms with Gasteiger partial charge in [0.1, 0.15) is 0 Å². The summed E-state index contributed by atoms with van der Waals surface area (Å²) in [5.74, 6) is -0.711. The summed E-state index contributed by atoms with van der Waals surface area (Å²) in [6.07, 6.45) is 4.63. The molecule has 1 saturated carbocycles. The molecule has 0 bridgehead atoms. The number of likely N-dealkylation sites (N-methyl/N-ethyl adjacent to an activating group) is 1. The molecule has 94 valence electrons. The van der Waals surface area contributed by atoms with Gasteiger partial charge in [-0.25, -0.2) is 0 Å². The number of carboxylic acids is 1. The van der Waals surface area contributed by atoms with Crippen LogP contribution in [0.25, 0.3) is 0 Å². The Morgan fingerprint density at radius 3 is 2.06 bits per heavy atom. The molecule has 0 amide bonds. The second-order valence-corrected chi connectivity index (χ2v) is 4.88. The Labute approximate surface area is 98.2 Å². The summed E-state index contributed by atoms with van der Waals surface area (Å²) >= 11 is 0. The molecule has 16 heavy (non-hydrogen) atoms. The molecular weight excluding hydrogens is 204 g/mol. The third kappa shape index (κ3) is 3.76. The first-order chi connectivity index (χ1) is 7.54. The molecular formula is C12H24N2O2. The zero-order chi connectivity index (χ0) is 12.1. The van der Waals surface area contributed by atoms with Crippen molar-refractivity contribution in [3.05, 3.63) is 0 Å². The molecule has 0 aliphatic heterocycles. The zero-order valence-electron chi connectivity index (χ0n) is 10.6. The van der Waals surface area contributed by atoms with Crippen molar-refractivity contribution in [2.45, 2.75) is 44.7 Å². The van der Waals surface area contributed by atoms with Crippen molar-refractivity contribution < 1.29 is 9.90 Å². The van der Waals surface area contributed by atoms with Crippen LogP contribution < -0.4 is 0 Å². The number of carboxylic acid groups (broad SMARTS) is 1. The lowest BCUT2D eigenvalue weighted by Crippen LogP contribution is -2.44. The maximum Gasteiger partial charge on any atom is 0.317 e. The van der Waals surface area contributed by atoms with Gasteiger partial charge in [-0.1, -0.05) is 6.92 Å². The van der Waals surface area contributed by atoms with Gasteiger partial charge in [0.2, 0.25) is 0 Å². The lowest BCUT2D eigenvalue weighted by atomic mass is 9.89. The largest absolute Gasteiger partial charge is 0.480 e. The van der Waals surface area contributed by atoms with Crippen LogP contribution >= 0.6 is 0 Å². The van der Waals surface area contributed by atoms with E-state index in [1.165, 1.54) is 12.8 Å². The number of aliphatic carboxylic acids is 1. The Kier molecular flexibility index (Phi) is 5.22. The third-order valence-corrected chi connectivity index (χ3v) is 3.66. The molecule has 4 nitrogen and oxygen atoms in total. The summed E-state index contributed by atoms with van der Waals surface area (Å²) in [7, 11) is 4.25. The molecule has 0 aromatic carbocycles. The topological polar surface area (TPSA) is 43.8 Å². The zero-order valence-corrected chi connectivity index (χ0v) is 10.6. The molecule has 0 radical (unpaired) electrons. The molecule has 1 rings (SSSR count). The second-order valence-electron chi connectivity index (χ2n) is 4.88. The number of hydrogen-bond acceptors (Lipinski definition) is 3. The van der Waals surface area contributed by atoms with E-state index in [2.05, 4.69) is 23.9 Å². The van der Waals surface area contributed by atoms with Crippen LogP contribution in [0, 0.1) is 0 Å². The Hall–Kier alpha value is -0.610. The number of carbonyl (C=O) groups is 1. The van der Waals surface area contributed by atoms with Gasteiger partial charge in [-0.2, -0.15) is 0 Å². The van der Waals surface area contributed by atoms with Gasteiger partial charge in [0, 0.05) is 12.1 Å². The molecule has 0 aromatic rings. The standard InChI is InChI=1S/C12H24N2O2/c1-4-14(9-12(15)16)11-7-5-10(6-8-11)13(2)3/h10-11H,4-9H2,1-3H3,(H,15,16). The van der Waals surface area contributed by atoms with Crippen molar-refractivity contribution in [2.24, 2.45) is 0 Å². The van der Waals surface area contributed by atoms with E-state index in [-0.39, 0.29) is 6.54 Å². The summed E-state index contributed by atoms with van der Waals surface area (Å²) in [5, 5.41) is 8.84. The van der Waals surface area contributed by atoms with E-state index >= 15 is 0 Å². The fraction of sp³-hybridized carbons (Fsp3) is 0.917. The fourth-order valence-corrected chi connectivity index (χ4v) is 2.61. The molecule has 1 fully saturated rings. The highest BCUT2D eigenvalue weighted by Gasteiger charge is 2.26. The Bertz CT molecular complexity index is 223. The van der Waals surface area contributed by atoms with E-state index in [9.17, 15) is 4.79 Å². The van der Waals surface area contributed by atoms with Crippen molar-refractivity contribution >= 4 is 5.97 Å². The van der Waals surface area contributed by atoms with E-state index in [1.807, 2.05) is 6.92 Å². The molecule has 0 saturated heterocycles. The molecule has 1 aliphatic rings. The van der Waals surface area contributed by atoms with Gasteiger partial charge in [-0.15, -0.1) is 0 Å². The third-order valence-electron chi connectivity index (χ3n) is 3.66. The molecule has 0 heterocycles. The van der Waals surface area contributed by atoms with Gasteiger partial charge in [-0.3, -0.25) is 9.69 Å². The van der Waals surface area contributed by atoms with Gasteiger partial charge in [-0.05, 0) is 46.3 Å². The van der Waals surface area contributed by atoms with Crippen molar-refractivity contribution in [3.63, 3.8) is 0 Å². The lowest BCUT2D eigenvalue weighted by molar-refractivity contribution is -0.139. The Morgan fingerprint density at radius 2 is 1.69 bits per heavy atom. The monoisotopic (exact) mass is 228 g/mol. The smallest absolute Gasteiger partial charge is 0.317 e. The van der Waals surface area contributed by atoms with Crippen LogP contribution in [0.2, 0.25) is 0 Å². The number of rotatable bonds is 5. The van der Waals surface area contributed by atoms with Gasteiger partial charge in [0.05, 0.1) is 6.54 Å². The summed E-state index contributed by atoms with van der Waals surface area (Å²) in [5.41, 5.74) is 0. The van der Waals surface area contributed by atoms with Crippen LogP contribution in [-0.2, 0) is 4.79 Å². The lowest BCUT2D eigenvalue weighted by Gasteiger charge is -2.37. The van der Waals surface area contributed by atoms with Gasteiger partial charge in [0.15, 0.2) is 0 Å². The maximum absolute atomic E-state index is 10.7. The van der Waals surface area contributed by atoms with Crippen LogP contribution in [0.5, 0.6) is 0 Å². The molecule has 4 heteroatoms. The van der Waals surface area contributed by atoms with Gasteiger partial charge in [0.25, 0.3) is 0 Å². The normalized spacial score (nSPS) is 26.3. The molecule has 1 N–H and O–H groups in total. The van der Waals surface area contributed by atoms with Crippen molar-refractivity contribution in [1.82, 2.24) is 9.80 Å². The predicted molar refractivity (Wildman–Crippen MR) is 64.6 cm³/mol. The minimum absolute atomic E-state index is 0.188. The summed E-state index contributed by atoms with van der Waals surface area (Å²) in [6, 6.07) is 1.15. The van der Waals surface area contributed by atoms with Crippen LogP contribution in [0.3, 0.4) is 0 Å². The van der Waals surface area contributed by atoms with Crippen LogP contribution in [0.4, 0.5) is 0 Å². The highest BCUT2D eigenvalue weighted by atomic mass is 16.4. The SMILES string of the molecule is CCN(CC(=O)O)C1CCC(N(C)C)CC1. The summed E-state index contributed by atoms with van der Waals surface area (Å²) < 4.78 is 0. The van der Waals surface area contributed by atoms with E-state index < -0.39 is 5.97 Å². The first-order valence-corrected chi connectivity index (χ1v) is 6.16. The second kappa shape index (κ2) is 6.21. The van der Waals surface area contributed by atoms with Crippen molar-refractivity contribution in [1.29, 1.82) is 0 Å². The van der Waals surface area contributed by atoms with E-state index in [4.69, 9.17) is 5.11 Å². The Balaban J connectivity index is 2.41. The van der Waals surface area contributed by atoms with Crippen LogP contribution in [0.1, 0.15) is 32.6 Å². The molecule has 0 spiro atoms. The highest BCUT2D eigenvalue weighted by Crippen LogP contribution is 2.25. The minimum atomic E-state index is -0.711. The Morgan fingerprint density at radius 1 is 1.19 bits per heavy atom. The predicted octanol–water partition coefficient (Wildman–Crippen LogP) is 1.27. The fourth-order valence-electron chi connectivity index (χ4n) is 2.61. The van der Waals surface area contributed by atoms with E-state index in [0.29, 0.717) is 12.1 Å². The molecule has 0 unspecified atom stereocenters. The average molecular weight is 228 g/mol. The van der Waals surface area contributed by atoms with Gasteiger partial charge < -0.3 is 10.0 Å². The molecule has 1 aliphatic carbocycles. The quantitative estimate of drug-likeness (QED) is 0.769. The summed E-state index contributed by atoms with van der Waals surface area (Å²) in [4.78, 5) is 15.1. The highest BCUT2D eigenvalue weighted by molar-refractivity contribution is 5.69. The minimum Gasteiger partial charge on any atom is -0.480 e. The number of nitrogens with zero attached hydrogens (tertiary/aromatic N) is 2. The average Bonchev–Trinajstić information content (AvgIpc) is 2.25. The summed E-state index contributed by atoms with van der Waals surface area (Å²) in [6.45, 7) is 3.07. The van der Waals surface area contributed by atoms with E-state index in [0.717, 1.165) is 19.4 Å². The van der Waals surface area contributed by atoms with Crippen LogP contribution in [-0.4, -0.2) is 60.1 Å². The molecule has 0 atom stereocenters.